The van der Waals surface area contributed by atoms with E-state index >= 15 is 0 Å². The SMILES string of the molecule is O=C(NC1CCCCCC1CO)c1ccc(C(F)(F)F)nc1. The van der Waals surface area contributed by atoms with Crippen LogP contribution in [0.3, 0.4) is 0 Å². The van der Waals surface area contributed by atoms with Crippen molar-refractivity contribution in [3.05, 3.63) is 29.6 Å². The highest BCUT2D eigenvalue weighted by molar-refractivity contribution is 5.94. The number of carbonyl (C=O) groups is 1. The average molecular weight is 316 g/mol. The predicted molar refractivity (Wildman–Crippen MR) is 74.2 cm³/mol. The number of hydrogen-bond acceptors (Lipinski definition) is 3. The average Bonchev–Trinajstić information content (AvgIpc) is 2.71. The molecule has 0 aromatic carbocycles. The highest BCUT2D eigenvalue weighted by Crippen LogP contribution is 2.27. The molecule has 0 aliphatic heterocycles. The van der Waals surface area contributed by atoms with Crippen LogP contribution in [0.1, 0.15) is 48.2 Å². The first-order valence-corrected chi connectivity index (χ1v) is 7.37. The molecule has 1 aliphatic rings. The molecule has 0 bridgehead atoms. The minimum atomic E-state index is -4.52. The van der Waals surface area contributed by atoms with Crippen molar-refractivity contribution in [1.29, 1.82) is 0 Å². The molecule has 2 unspecified atom stereocenters. The van der Waals surface area contributed by atoms with Gasteiger partial charge in [-0.3, -0.25) is 9.78 Å². The molecule has 0 saturated heterocycles. The number of aliphatic hydroxyl groups excluding tert-OH is 1. The van der Waals surface area contributed by atoms with Crippen LogP contribution < -0.4 is 5.32 Å². The van der Waals surface area contributed by atoms with E-state index < -0.39 is 17.8 Å². The molecule has 1 aromatic rings. The molecule has 1 aliphatic carbocycles. The monoisotopic (exact) mass is 316 g/mol. The molecule has 0 spiro atoms. The molecule has 1 aromatic heterocycles. The Morgan fingerprint density at radius 3 is 2.59 bits per heavy atom. The van der Waals surface area contributed by atoms with Crippen LogP contribution in [0.25, 0.3) is 0 Å². The number of amides is 1. The molecule has 1 amide bonds. The van der Waals surface area contributed by atoms with Gasteiger partial charge in [0, 0.05) is 24.8 Å². The van der Waals surface area contributed by atoms with E-state index in [9.17, 15) is 23.1 Å². The molecule has 122 valence electrons. The molecule has 2 atom stereocenters. The molecular formula is C15H19F3N2O2. The van der Waals surface area contributed by atoms with E-state index in [0.717, 1.165) is 50.4 Å². The van der Waals surface area contributed by atoms with Crippen molar-refractivity contribution >= 4 is 5.91 Å². The highest BCUT2D eigenvalue weighted by Gasteiger charge is 2.32. The Bertz CT molecular complexity index is 503. The summed E-state index contributed by atoms with van der Waals surface area (Å²) in [4.78, 5) is 15.4. The molecule has 4 nitrogen and oxygen atoms in total. The quantitative estimate of drug-likeness (QED) is 0.843. The molecule has 1 saturated carbocycles. The summed E-state index contributed by atoms with van der Waals surface area (Å²) in [6, 6.07) is 1.77. The van der Waals surface area contributed by atoms with E-state index in [0.29, 0.717) is 0 Å². The molecule has 1 heterocycles. The van der Waals surface area contributed by atoms with Crippen LogP contribution >= 0.6 is 0 Å². The van der Waals surface area contributed by atoms with Crippen molar-refractivity contribution in [3.8, 4) is 0 Å². The van der Waals surface area contributed by atoms with E-state index in [1.807, 2.05) is 0 Å². The number of nitrogens with zero attached hydrogens (tertiary/aromatic N) is 1. The van der Waals surface area contributed by atoms with Gasteiger partial charge in [-0.05, 0) is 25.0 Å². The van der Waals surface area contributed by atoms with Crippen molar-refractivity contribution in [3.63, 3.8) is 0 Å². The van der Waals surface area contributed by atoms with Crippen LogP contribution in [0.4, 0.5) is 13.2 Å². The number of halogens is 3. The molecule has 22 heavy (non-hydrogen) atoms. The Kier molecular flexibility index (Phi) is 5.39. The van der Waals surface area contributed by atoms with E-state index in [4.69, 9.17) is 0 Å². The number of alkyl halides is 3. The van der Waals surface area contributed by atoms with Gasteiger partial charge in [0.05, 0.1) is 5.56 Å². The van der Waals surface area contributed by atoms with Gasteiger partial charge in [-0.25, -0.2) is 0 Å². The maximum Gasteiger partial charge on any atom is 0.433 e. The fraction of sp³-hybridized carbons (Fsp3) is 0.600. The topological polar surface area (TPSA) is 62.2 Å². The fourth-order valence-corrected chi connectivity index (χ4v) is 2.74. The third kappa shape index (κ3) is 4.19. The van der Waals surface area contributed by atoms with Gasteiger partial charge < -0.3 is 10.4 Å². The van der Waals surface area contributed by atoms with Gasteiger partial charge >= 0.3 is 6.18 Å². The lowest BCUT2D eigenvalue weighted by atomic mass is 9.95. The molecule has 1 fully saturated rings. The number of rotatable bonds is 3. The second-order valence-electron chi connectivity index (χ2n) is 5.59. The van der Waals surface area contributed by atoms with Crippen LogP contribution in [0.15, 0.2) is 18.3 Å². The van der Waals surface area contributed by atoms with E-state index in [1.165, 1.54) is 0 Å². The summed E-state index contributed by atoms with van der Waals surface area (Å²) in [7, 11) is 0. The van der Waals surface area contributed by atoms with Crippen LogP contribution in [-0.4, -0.2) is 28.6 Å². The smallest absolute Gasteiger partial charge is 0.396 e. The second kappa shape index (κ2) is 7.09. The van der Waals surface area contributed by atoms with Gasteiger partial charge in [-0.1, -0.05) is 19.3 Å². The van der Waals surface area contributed by atoms with Gasteiger partial charge in [0.2, 0.25) is 0 Å². The van der Waals surface area contributed by atoms with Gasteiger partial charge in [-0.2, -0.15) is 13.2 Å². The molecule has 7 heteroatoms. The summed E-state index contributed by atoms with van der Waals surface area (Å²) < 4.78 is 37.3. The third-order valence-electron chi connectivity index (χ3n) is 4.03. The summed E-state index contributed by atoms with van der Waals surface area (Å²) in [5.41, 5.74) is -0.930. The number of hydrogen-bond donors (Lipinski definition) is 2. The minimum Gasteiger partial charge on any atom is -0.396 e. The zero-order valence-corrected chi connectivity index (χ0v) is 12.1. The summed E-state index contributed by atoms with van der Waals surface area (Å²) in [6.45, 7) is -0.00376. The highest BCUT2D eigenvalue weighted by atomic mass is 19.4. The van der Waals surface area contributed by atoms with Gasteiger partial charge in [0.1, 0.15) is 5.69 Å². The van der Waals surface area contributed by atoms with Crippen molar-refractivity contribution < 1.29 is 23.1 Å². The molecule has 2 rings (SSSR count). The first-order chi connectivity index (χ1) is 10.4. The normalized spacial score (nSPS) is 22.9. The number of nitrogens with one attached hydrogen (secondary N) is 1. The lowest BCUT2D eigenvalue weighted by Gasteiger charge is -2.24. The molecule has 0 radical (unpaired) electrons. The Hall–Kier alpha value is -1.63. The number of aliphatic hydroxyl groups is 1. The Morgan fingerprint density at radius 2 is 2.00 bits per heavy atom. The first kappa shape index (κ1) is 16.7. The van der Waals surface area contributed by atoms with Crippen molar-refractivity contribution in [2.24, 2.45) is 5.92 Å². The van der Waals surface area contributed by atoms with Crippen LogP contribution in [0.5, 0.6) is 0 Å². The van der Waals surface area contributed by atoms with Gasteiger partial charge in [0.15, 0.2) is 0 Å². The Morgan fingerprint density at radius 1 is 1.27 bits per heavy atom. The number of pyridine rings is 1. The Labute approximate surface area is 126 Å². The van der Waals surface area contributed by atoms with Gasteiger partial charge in [0.25, 0.3) is 5.91 Å². The molecular weight excluding hydrogens is 297 g/mol. The van der Waals surface area contributed by atoms with E-state index in [2.05, 4.69) is 10.3 Å². The zero-order valence-electron chi connectivity index (χ0n) is 12.1. The van der Waals surface area contributed by atoms with E-state index in [1.54, 1.807) is 0 Å². The second-order valence-corrected chi connectivity index (χ2v) is 5.59. The number of aromatic nitrogens is 1. The van der Waals surface area contributed by atoms with Crippen LogP contribution in [0, 0.1) is 5.92 Å². The zero-order chi connectivity index (χ0) is 16.2. The Balaban J connectivity index is 2.04. The first-order valence-electron chi connectivity index (χ1n) is 7.37. The van der Waals surface area contributed by atoms with E-state index in [-0.39, 0.29) is 24.1 Å². The standard InChI is InChI=1S/C15H19F3N2O2/c16-15(17,18)13-7-6-10(8-19-13)14(22)20-12-5-3-1-2-4-11(12)9-21/h6-8,11-12,21H,1-5,9H2,(H,20,22). The predicted octanol–water partition coefficient (Wildman–Crippen LogP) is 2.77. The van der Waals surface area contributed by atoms with Crippen molar-refractivity contribution in [2.75, 3.05) is 6.61 Å². The van der Waals surface area contributed by atoms with Gasteiger partial charge in [-0.15, -0.1) is 0 Å². The largest absolute Gasteiger partial charge is 0.433 e. The number of carbonyl (C=O) groups excluding carboxylic acids is 1. The lowest BCUT2D eigenvalue weighted by Crippen LogP contribution is -2.41. The summed E-state index contributed by atoms with van der Waals surface area (Å²) in [5.74, 6) is -0.458. The fourth-order valence-electron chi connectivity index (χ4n) is 2.74. The van der Waals surface area contributed by atoms with Crippen molar-refractivity contribution in [2.45, 2.75) is 44.3 Å². The van der Waals surface area contributed by atoms with Crippen LogP contribution in [0.2, 0.25) is 0 Å². The van der Waals surface area contributed by atoms with Crippen molar-refractivity contribution in [1.82, 2.24) is 10.3 Å². The summed E-state index contributed by atoms with van der Waals surface area (Å²) >= 11 is 0. The summed E-state index contributed by atoms with van der Waals surface area (Å²) in [5, 5.41) is 12.2. The maximum absolute atomic E-state index is 12.4. The lowest BCUT2D eigenvalue weighted by molar-refractivity contribution is -0.141. The molecule has 2 N–H and O–H groups in total. The summed E-state index contributed by atoms with van der Waals surface area (Å²) in [6.07, 6.45) is 1.07. The third-order valence-corrected chi connectivity index (χ3v) is 4.03. The van der Waals surface area contributed by atoms with Crippen LogP contribution in [-0.2, 0) is 6.18 Å². The maximum atomic E-state index is 12.4. The minimum absolute atomic E-state index is 0.00376.